The first kappa shape index (κ1) is 112. The standard InChI is InChI=1S/C26H37N3O3.C26H38O4.C25H38O3.C23H34O2.C22H33F3O5S/c1-25-11-8-20-19-9-12-26(32,10-2-3-15-30)16-18(19)4-5-21(20)22(25)6-7-23(25)24(31)17-29-27-13-14-28-29;1-4-6-24(28)30-16-23(27)22-10-9-21-20-8-7-17-15-26(29,5-2)14-12-18(17)19(20)11-13-25(21,22)3;1-3-23(27)22-9-8-21-20-7-6-17-16-25(28,12-4-5-15-26)14-11-18(17)19(20)10-13-24(21,22)2;1-4-21(24)20-9-8-19-18-7-6-15-14-23(25,5-2)13-11-16(15)17(18)10-12-22(19,20)3;1-20-9-7-15-14-8-10-21(27,22(23,24)25)11-13(14)3-4-16(15)17(20)5-6-18(20)19(26)12-30-31(2,28)29/h13-14,18-23,30,32H,3-9,11-12,15-17H2,1H3;2,17-22,29H,4,6-16H2,1,3H3;17-22,26,28H,3,5-11,13-16H2,1-2H3;2,15-20,25H,4,6-14H2,1,3H3;13-18,27H,3-12H2,1-2H3/t18-,19+,20-,21-,22+,23-,25+,26-;17-,18+,19-,20-,21+,22-,25+,26-;17-,18+,19-,20-,21+,22-,24+,25-;15-,16+,17-,18-,19+,20-,22+,23-;13-,14+,15?,16-,17+,18-,20+,21-/m11111/s1. The molecular weight excluding hydrogens is 1870 g/mol. The van der Waals surface area contributed by atoms with Gasteiger partial charge in [-0.1, -0.05) is 90.9 Å². The van der Waals surface area contributed by atoms with Crippen molar-refractivity contribution in [1.29, 1.82) is 0 Å². The Morgan fingerprint density at radius 3 is 0.966 bits per heavy atom. The van der Waals surface area contributed by atoms with E-state index in [9.17, 15) is 75.9 Å². The second kappa shape index (κ2) is 44.5. The monoisotopic (exact) mass is 2050 g/mol. The topological polar surface area (TPSA) is 327 Å². The van der Waals surface area contributed by atoms with Gasteiger partial charge in [0.25, 0.3) is 10.1 Å². The third-order valence-electron chi connectivity index (χ3n) is 46.9. The van der Waals surface area contributed by atoms with Crippen LogP contribution in [0.25, 0.3) is 0 Å². The van der Waals surface area contributed by atoms with Gasteiger partial charge in [-0.3, -0.25) is 33.0 Å². The van der Waals surface area contributed by atoms with Gasteiger partial charge in [0.1, 0.15) is 53.7 Å². The molecule has 21 rings (SSSR count). The number of aromatic nitrogens is 3. The Kier molecular flexibility index (Phi) is 34.0. The normalized spacial score (nSPS) is 46.2. The molecule has 24 heteroatoms. The van der Waals surface area contributed by atoms with E-state index in [0.29, 0.717) is 152 Å². The molecule has 812 valence electrons. The fourth-order valence-electron chi connectivity index (χ4n) is 40.2. The Hall–Kier alpha value is -5.38. The maximum absolute atomic E-state index is 13.4. The summed E-state index contributed by atoms with van der Waals surface area (Å²) in [4.78, 5) is 77.3. The highest BCUT2D eigenvalue weighted by Gasteiger charge is 2.68. The summed E-state index contributed by atoms with van der Waals surface area (Å²) in [6, 6.07) is 0. The summed E-state index contributed by atoms with van der Waals surface area (Å²) >= 11 is 0. The largest absolute Gasteiger partial charge is 0.458 e. The smallest absolute Gasteiger partial charge is 0.417 e. The van der Waals surface area contributed by atoms with E-state index in [2.05, 4.69) is 80.3 Å². The molecule has 146 heavy (non-hydrogen) atoms. The van der Waals surface area contributed by atoms with E-state index >= 15 is 0 Å². The zero-order valence-corrected chi connectivity index (χ0v) is 90.6. The van der Waals surface area contributed by atoms with Crippen LogP contribution in [-0.2, 0) is 54.4 Å². The number of alkyl halides is 3. The molecule has 20 fully saturated rings. The second-order valence-electron chi connectivity index (χ2n) is 53.2. The van der Waals surface area contributed by atoms with Crippen molar-refractivity contribution >= 4 is 45.0 Å². The first-order valence-electron chi connectivity index (χ1n) is 58.7. The number of carbonyl (C=O) groups excluding carboxylic acids is 6. The first-order chi connectivity index (χ1) is 69.3. The molecule has 0 spiro atoms. The van der Waals surface area contributed by atoms with Gasteiger partial charge >= 0.3 is 12.1 Å². The van der Waals surface area contributed by atoms with Gasteiger partial charge in [0, 0.05) is 61.7 Å². The highest BCUT2D eigenvalue weighted by Crippen LogP contribution is 2.72. The number of hydrogen-bond donors (Lipinski definition) is 7. The summed E-state index contributed by atoms with van der Waals surface area (Å²) in [5, 5.41) is 79.6. The average molecular weight is 2050 g/mol. The van der Waals surface area contributed by atoms with Crippen molar-refractivity contribution in [3.8, 4) is 48.4 Å². The van der Waals surface area contributed by atoms with Crippen LogP contribution in [0.5, 0.6) is 0 Å². The van der Waals surface area contributed by atoms with E-state index in [1.54, 1.807) is 12.4 Å². The molecule has 0 aromatic carbocycles. The molecular formula is C122H180F3N3O17S. The molecule has 0 radical (unpaired) electrons. The zero-order valence-electron chi connectivity index (χ0n) is 89.8. The number of nitrogens with zero attached hydrogens (tertiary/aromatic N) is 3. The molecule has 7 N–H and O–H groups in total. The van der Waals surface area contributed by atoms with E-state index in [1.165, 1.54) is 108 Å². The number of carbonyl (C=O) groups is 6. The Labute approximate surface area is 871 Å². The van der Waals surface area contributed by atoms with Crippen molar-refractivity contribution in [2.45, 2.75) is 424 Å². The van der Waals surface area contributed by atoms with E-state index < -0.39 is 50.9 Å². The van der Waals surface area contributed by atoms with Crippen LogP contribution in [0, 0.1) is 253 Å². The number of hydrogen-bond acceptors (Lipinski definition) is 19. The van der Waals surface area contributed by atoms with Gasteiger partial charge < -0.3 is 40.5 Å². The van der Waals surface area contributed by atoms with Crippen molar-refractivity contribution in [3.63, 3.8) is 0 Å². The van der Waals surface area contributed by atoms with Gasteiger partial charge in [0.05, 0.1) is 31.9 Å². The van der Waals surface area contributed by atoms with Gasteiger partial charge in [-0.15, -0.1) is 12.8 Å². The van der Waals surface area contributed by atoms with E-state index in [0.717, 1.165) is 238 Å². The summed E-state index contributed by atoms with van der Waals surface area (Å²) in [6.45, 7) is 17.7. The Morgan fingerprint density at radius 1 is 0.377 bits per heavy atom. The fraction of sp³-hybridized carbons (Fsp3) is 0.869. The quantitative estimate of drug-likeness (QED) is 0.0408. The molecule has 0 aliphatic heterocycles. The third kappa shape index (κ3) is 22.0. The lowest BCUT2D eigenvalue weighted by atomic mass is 9.49. The molecule has 1 aromatic heterocycles. The minimum absolute atomic E-state index is 0.0356. The van der Waals surface area contributed by atoms with Crippen LogP contribution in [0.4, 0.5) is 13.2 Å². The van der Waals surface area contributed by atoms with Crippen LogP contribution in [0.2, 0.25) is 0 Å². The van der Waals surface area contributed by atoms with Gasteiger partial charge in [0.15, 0.2) is 23.0 Å². The van der Waals surface area contributed by atoms with E-state index in [4.69, 9.17) is 32.0 Å². The molecule has 40 atom stereocenters. The van der Waals surface area contributed by atoms with Crippen LogP contribution >= 0.6 is 0 Å². The minimum atomic E-state index is -4.58. The van der Waals surface area contributed by atoms with Crippen molar-refractivity contribution in [2.75, 3.05) is 32.7 Å². The lowest BCUT2D eigenvalue weighted by Crippen LogP contribution is -2.55. The second-order valence-corrected chi connectivity index (χ2v) is 54.9. The third-order valence-corrected chi connectivity index (χ3v) is 47.4. The summed E-state index contributed by atoms with van der Waals surface area (Å²) in [7, 11) is -3.67. The number of aliphatic hydroxyl groups excluding tert-OH is 2. The van der Waals surface area contributed by atoms with Gasteiger partial charge in [-0.05, 0) is 470 Å². The molecule has 20 saturated carbocycles. The Bertz CT molecular complexity index is 5150. The van der Waals surface area contributed by atoms with Crippen LogP contribution in [0.3, 0.4) is 0 Å². The minimum Gasteiger partial charge on any atom is -0.458 e. The molecule has 20 nitrogen and oxygen atoms in total. The van der Waals surface area contributed by atoms with Gasteiger partial charge in [-0.2, -0.15) is 36.6 Å². The Morgan fingerprint density at radius 2 is 0.664 bits per heavy atom. The van der Waals surface area contributed by atoms with E-state index in [-0.39, 0.29) is 107 Å². The van der Waals surface area contributed by atoms with Crippen molar-refractivity contribution in [1.82, 2.24) is 15.0 Å². The number of halogens is 3. The fourth-order valence-corrected chi connectivity index (χ4v) is 40.5. The number of rotatable bonds is 18. The SMILES string of the molecule is C#C[C@@]1(O)CC[C@H]2[C@H](CC[C@@H]3[C@@H]2CC[C@]2(C)[C@@H](C(=O)CC)CC[C@@H]32)C1.C#C[C@@]1(O)CC[C@H]2[C@H](CC[C@@H]3[C@@H]2CC[C@]2(C)[C@@H](C(=O)COC(=O)CCC)CC[C@@H]32)C1.CCC(=O)[C@H]1CC[C@H]2[C@@H]3CC[C@@H]4C[C@@](O)(C#CCCO)CC[C@@H]4[C@H]3CC[C@]12C.C[C@]12CCC3[C@H]4CC[C@](O)(C(F)(F)F)C[C@H]4CC[C@H]3[C@@H]1CC[C@@H]2C(=O)COS(C)(=O)=O.C[C@]12CC[C@H]3[C@@H](CC[C@@H]4C[C@@](O)(C#CCCO)CC[C@@H]43)[C@@H]1CC[C@@H]2C(=O)Cn1nccn1. The number of ether oxygens (including phenoxy) is 1. The van der Waals surface area contributed by atoms with Crippen molar-refractivity contribution in [2.24, 2.45) is 205 Å². The highest BCUT2D eigenvalue weighted by atomic mass is 32.2. The molecule has 1 aromatic rings. The predicted octanol–water partition coefficient (Wildman–Crippen LogP) is 20.8. The maximum Gasteiger partial charge on any atom is 0.417 e. The van der Waals surface area contributed by atoms with Gasteiger partial charge in [0.2, 0.25) is 0 Å². The van der Waals surface area contributed by atoms with Crippen LogP contribution in [0.1, 0.15) is 383 Å². The van der Waals surface area contributed by atoms with Crippen LogP contribution < -0.4 is 0 Å². The summed E-state index contributed by atoms with van der Waals surface area (Å²) < 4.78 is 72.7. The van der Waals surface area contributed by atoms with Gasteiger partial charge in [-0.25, -0.2) is 0 Å². The first-order valence-corrected chi connectivity index (χ1v) is 60.5. The van der Waals surface area contributed by atoms with E-state index in [1.807, 2.05) is 20.8 Å². The number of fused-ring (bicyclic) bond motifs is 25. The molecule has 20 aliphatic carbocycles. The number of esters is 1. The molecule has 0 bridgehead atoms. The molecule has 0 saturated heterocycles. The molecule has 20 aliphatic rings. The number of aliphatic hydroxyl groups is 7. The molecule has 1 unspecified atom stereocenters. The van der Waals surface area contributed by atoms with Crippen LogP contribution in [0.15, 0.2) is 12.4 Å². The van der Waals surface area contributed by atoms with Crippen molar-refractivity contribution < 1.29 is 95.0 Å². The summed E-state index contributed by atoms with van der Waals surface area (Å²) in [6.07, 6.45) is 58.3. The Balaban J connectivity index is 0.000000125. The predicted molar refractivity (Wildman–Crippen MR) is 553 cm³/mol. The summed E-state index contributed by atoms with van der Waals surface area (Å²) in [5.41, 5.74) is -5.51. The van der Waals surface area contributed by atoms with Crippen LogP contribution in [-0.4, -0.2) is 161 Å². The molecule has 0 amide bonds. The number of Topliss-reactive ketones (excluding diaryl/α,β-unsaturated/α-hetero) is 5. The number of ketones is 5. The summed E-state index contributed by atoms with van der Waals surface area (Å²) in [5.74, 6) is 34.3. The lowest BCUT2D eigenvalue weighted by Gasteiger charge is -2.57. The average Bonchev–Trinajstić information content (AvgIpc) is 1.57. The highest BCUT2D eigenvalue weighted by molar-refractivity contribution is 7.86. The maximum atomic E-state index is 13.4. The zero-order chi connectivity index (χ0) is 104. The number of terminal acetylenes is 2. The lowest BCUT2D eigenvalue weighted by molar-refractivity contribution is -0.282. The van der Waals surface area contributed by atoms with Crippen molar-refractivity contribution in [3.05, 3.63) is 12.4 Å². The molecule has 1 heterocycles.